The average molecular weight is 339 g/mol. The van der Waals surface area contributed by atoms with Gasteiger partial charge in [0.25, 0.3) is 6.43 Å². The van der Waals surface area contributed by atoms with E-state index in [0.29, 0.717) is 25.6 Å². The number of carbonyl (C=O) groups excluding carboxylic acids is 1. The van der Waals surface area contributed by atoms with Gasteiger partial charge in [0.2, 0.25) is 5.91 Å². The minimum absolute atomic E-state index is 0.0831. The predicted molar refractivity (Wildman–Crippen MR) is 71.9 cm³/mol. The van der Waals surface area contributed by atoms with Crippen molar-refractivity contribution >= 4 is 5.91 Å². The molecule has 2 heterocycles. The first kappa shape index (κ1) is 17.7. The number of amides is 1. The van der Waals surface area contributed by atoms with Gasteiger partial charge in [-0.3, -0.25) is 4.79 Å². The molecule has 0 aromatic carbocycles. The molecule has 1 aliphatic heterocycles. The smallest absolute Gasteiger partial charge is 0.341 e. The van der Waals surface area contributed by atoms with E-state index < -0.39 is 35.5 Å². The minimum Gasteiger partial charge on any atom is -0.341 e. The van der Waals surface area contributed by atoms with Crippen molar-refractivity contribution in [3.8, 4) is 0 Å². The standard InChI is InChI=1S/C14H18F5N3O/c1-13(2,11(15)16)12(23)22-5-3-4-8(7-22)10-20-6-9(21-10)14(17,18)19/h6,8,11H,3-5,7H2,1-2H3,(H,20,21). The van der Waals surface area contributed by atoms with E-state index in [2.05, 4.69) is 9.97 Å². The highest BCUT2D eigenvalue weighted by atomic mass is 19.4. The number of hydrogen-bond acceptors (Lipinski definition) is 2. The molecule has 9 heteroatoms. The number of alkyl halides is 5. The number of likely N-dealkylation sites (tertiary alicyclic amines) is 1. The highest BCUT2D eigenvalue weighted by molar-refractivity contribution is 5.82. The van der Waals surface area contributed by atoms with Gasteiger partial charge in [0.15, 0.2) is 0 Å². The molecule has 1 fully saturated rings. The summed E-state index contributed by atoms with van der Waals surface area (Å²) in [4.78, 5) is 19.5. The molecule has 1 amide bonds. The zero-order valence-electron chi connectivity index (χ0n) is 12.8. The summed E-state index contributed by atoms with van der Waals surface area (Å²) in [6.07, 6.45) is -5.55. The van der Waals surface area contributed by atoms with Crippen molar-refractivity contribution in [2.75, 3.05) is 13.1 Å². The molecule has 1 aliphatic rings. The molecule has 1 N–H and O–H groups in total. The molecule has 0 saturated carbocycles. The van der Waals surface area contributed by atoms with E-state index >= 15 is 0 Å². The molecule has 23 heavy (non-hydrogen) atoms. The van der Waals surface area contributed by atoms with Crippen molar-refractivity contribution in [2.24, 2.45) is 5.41 Å². The molecule has 1 aromatic rings. The highest BCUT2D eigenvalue weighted by Gasteiger charge is 2.42. The summed E-state index contributed by atoms with van der Waals surface area (Å²) < 4.78 is 63.8. The Kier molecular flexibility index (Phi) is 4.68. The third-order valence-electron chi connectivity index (χ3n) is 4.09. The lowest BCUT2D eigenvalue weighted by Crippen LogP contribution is -2.48. The first-order valence-corrected chi connectivity index (χ1v) is 7.23. The van der Waals surface area contributed by atoms with E-state index in [1.165, 1.54) is 4.90 Å². The maximum absolute atomic E-state index is 13.0. The second kappa shape index (κ2) is 6.09. The fourth-order valence-electron chi connectivity index (χ4n) is 2.57. The molecule has 2 rings (SSSR count). The number of aromatic amines is 1. The summed E-state index contributed by atoms with van der Waals surface area (Å²) >= 11 is 0. The van der Waals surface area contributed by atoms with Crippen LogP contribution in [0.25, 0.3) is 0 Å². The topological polar surface area (TPSA) is 49.0 Å². The van der Waals surface area contributed by atoms with Crippen LogP contribution in [0.4, 0.5) is 22.0 Å². The lowest BCUT2D eigenvalue weighted by Gasteiger charge is -2.36. The van der Waals surface area contributed by atoms with E-state index in [4.69, 9.17) is 0 Å². The fraction of sp³-hybridized carbons (Fsp3) is 0.714. The summed E-state index contributed by atoms with van der Waals surface area (Å²) in [6.45, 7) is 2.73. The van der Waals surface area contributed by atoms with Gasteiger partial charge in [-0.15, -0.1) is 0 Å². The molecule has 1 aromatic heterocycles. The first-order chi connectivity index (χ1) is 10.5. The van der Waals surface area contributed by atoms with Crippen LogP contribution in [-0.4, -0.2) is 40.3 Å². The van der Waals surface area contributed by atoms with Crippen LogP contribution in [-0.2, 0) is 11.0 Å². The zero-order valence-corrected chi connectivity index (χ0v) is 12.8. The molecular formula is C14H18F5N3O. The molecule has 1 unspecified atom stereocenters. The fourth-order valence-corrected chi connectivity index (χ4v) is 2.57. The SMILES string of the molecule is CC(C)(C(=O)N1CCCC(c2ncc(C(F)(F)F)[nH]2)C1)C(F)F. The van der Waals surface area contributed by atoms with Gasteiger partial charge in [0, 0.05) is 19.0 Å². The summed E-state index contributed by atoms with van der Waals surface area (Å²) in [7, 11) is 0. The minimum atomic E-state index is -4.52. The Balaban J connectivity index is 2.12. The number of piperidine rings is 1. The van der Waals surface area contributed by atoms with Gasteiger partial charge in [0.05, 0.1) is 6.20 Å². The summed E-state index contributed by atoms with van der Waals surface area (Å²) in [5.41, 5.74) is -2.77. The Labute approximate surface area is 130 Å². The van der Waals surface area contributed by atoms with Crippen LogP contribution in [0.1, 0.15) is 44.1 Å². The van der Waals surface area contributed by atoms with Crippen molar-refractivity contribution in [3.05, 3.63) is 17.7 Å². The van der Waals surface area contributed by atoms with Crippen LogP contribution < -0.4 is 0 Å². The molecule has 1 atom stereocenters. The third kappa shape index (κ3) is 3.64. The van der Waals surface area contributed by atoms with Crippen molar-refractivity contribution in [2.45, 2.75) is 45.2 Å². The van der Waals surface area contributed by atoms with Gasteiger partial charge in [-0.1, -0.05) is 0 Å². The maximum atomic E-state index is 13.0. The quantitative estimate of drug-likeness (QED) is 0.858. The number of nitrogens with one attached hydrogen (secondary N) is 1. The van der Waals surface area contributed by atoms with Crippen LogP contribution in [0.2, 0.25) is 0 Å². The van der Waals surface area contributed by atoms with Gasteiger partial charge in [0.1, 0.15) is 16.9 Å². The van der Waals surface area contributed by atoms with Gasteiger partial charge in [-0.2, -0.15) is 13.2 Å². The Morgan fingerprint density at radius 3 is 2.57 bits per heavy atom. The molecular weight excluding hydrogens is 321 g/mol. The van der Waals surface area contributed by atoms with E-state index in [1.807, 2.05) is 0 Å². The number of imidazole rings is 1. The van der Waals surface area contributed by atoms with Gasteiger partial charge in [-0.25, -0.2) is 13.8 Å². The predicted octanol–water partition coefficient (Wildman–Crippen LogP) is 3.43. The lowest BCUT2D eigenvalue weighted by molar-refractivity contribution is -0.150. The molecule has 0 bridgehead atoms. The Hall–Kier alpha value is -1.67. The molecule has 0 spiro atoms. The number of rotatable bonds is 3. The zero-order chi connectivity index (χ0) is 17.4. The van der Waals surface area contributed by atoms with Gasteiger partial charge < -0.3 is 9.88 Å². The molecule has 130 valence electrons. The Morgan fingerprint density at radius 1 is 1.39 bits per heavy atom. The van der Waals surface area contributed by atoms with Gasteiger partial charge >= 0.3 is 6.18 Å². The van der Waals surface area contributed by atoms with Crippen molar-refractivity contribution in [1.29, 1.82) is 0 Å². The second-order valence-corrected chi connectivity index (χ2v) is 6.29. The molecule has 0 aliphatic carbocycles. The van der Waals surface area contributed by atoms with Crippen LogP contribution in [0.15, 0.2) is 6.20 Å². The van der Waals surface area contributed by atoms with E-state index in [1.54, 1.807) is 0 Å². The molecule has 1 saturated heterocycles. The molecule has 0 radical (unpaired) electrons. The molecule has 4 nitrogen and oxygen atoms in total. The van der Waals surface area contributed by atoms with E-state index in [0.717, 1.165) is 13.8 Å². The van der Waals surface area contributed by atoms with Crippen molar-refractivity contribution in [3.63, 3.8) is 0 Å². The van der Waals surface area contributed by atoms with E-state index in [9.17, 15) is 26.7 Å². The lowest BCUT2D eigenvalue weighted by atomic mass is 9.89. The number of H-pyrrole nitrogens is 1. The number of hydrogen-bond donors (Lipinski definition) is 1. The van der Waals surface area contributed by atoms with Crippen molar-refractivity contribution < 1.29 is 26.7 Å². The summed E-state index contributed by atoms with van der Waals surface area (Å²) in [5, 5.41) is 0. The number of aromatic nitrogens is 2. The number of carbonyl (C=O) groups is 1. The monoisotopic (exact) mass is 339 g/mol. The summed E-state index contributed by atoms with van der Waals surface area (Å²) in [5.74, 6) is -0.984. The Morgan fingerprint density at radius 2 is 2.04 bits per heavy atom. The first-order valence-electron chi connectivity index (χ1n) is 7.23. The maximum Gasteiger partial charge on any atom is 0.432 e. The second-order valence-electron chi connectivity index (χ2n) is 6.29. The van der Waals surface area contributed by atoms with Crippen LogP contribution >= 0.6 is 0 Å². The number of halogens is 5. The van der Waals surface area contributed by atoms with Gasteiger partial charge in [-0.05, 0) is 26.7 Å². The third-order valence-corrected chi connectivity index (χ3v) is 4.09. The van der Waals surface area contributed by atoms with Crippen LogP contribution in [0, 0.1) is 5.41 Å². The normalized spacial score (nSPS) is 20.2. The largest absolute Gasteiger partial charge is 0.432 e. The average Bonchev–Trinajstić information content (AvgIpc) is 2.96. The van der Waals surface area contributed by atoms with E-state index in [-0.39, 0.29) is 12.4 Å². The van der Waals surface area contributed by atoms with Crippen LogP contribution in [0.5, 0.6) is 0 Å². The summed E-state index contributed by atoms with van der Waals surface area (Å²) in [6, 6.07) is 0. The highest BCUT2D eigenvalue weighted by Crippen LogP contribution is 2.33. The van der Waals surface area contributed by atoms with Crippen molar-refractivity contribution in [1.82, 2.24) is 14.9 Å². The van der Waals surface area contributed by atoms with Crippen LogP contribution in [0.3, 0.4) is 0 Å². The number of nitrogens with zero attached hydrogens (tertiary/aromatic N) is 2. The Bertz CT molecular complexity index is 567.